The Bertz CT molecular complexity index is 506. The third-order valence-electron chi connectivity index (χ3n) is 2.86. The first-order valence-electron chi connectivity index (χ1n) is 6.82. The topological polar surface area (TPSA) is 105 Å². The molecule has 0 aliphatic carbocycles. The predicted molar refractivity (Wildman–Crippen MR) is 82.2 cm³/mol. The normalized spacial score (nSPS) is 14.5. The molecule has 0 radical (unpaired) electrons. The average molecular weight is 313 g/mol. The van der Waals surface area contributed by atoms with E-state index in [0.29, 0.717) is 11.4 Å². The summed E-state index contributed by atoms with van der Waals surface area (Å²) in [5.41, 5.74) is 5.87. The summed E-state index contributed by atoms with van der Waals surface area (Å²) < 4.78 is 0. The summed E-state index contributed by atoms with van der Waals surface area (Å²) in [5, 5.41) is 14.2. The second kappa shape index (κ2) is 7.00. The first-order valence-corrected chi connectivity index (χ1v) is 7.70. The van der Waals surface area contributed by atoms with Crippen LogP contribution in [0.15, 0.2) is 5.38 Å². The van der Waals surface area contributed by atoms with Gasteiger partial charge in [0.25, 0.3) is 5.91 Å². The molecule has 1 amide bonds. The predicted octanol–water partition coefficient (Wildman–Crippen LogP) is 2.03. The van der Waals surface area contributed by atoms with Crippen molar-refractivity contribution < 1.29 is 14.7 Å². The van der Waals surface area contributed by atoms with Crippen molar-refractivity contribution in [3.63, 3.8) is 0 Å². The van der Waals surface area contributed by atoms with E-state index >= 15 is 0 Å². The Kier molecular flexibility index (Phi) is 5.86. The molecule has 0 aromatic carbocycles. The van der Waals surface area contributed by atoms with Crippen molar-refractivity contribution in [1.29, 1.82) is 0 Å². The Morgan fingerprint density at radius 2 is 2.10 bits per heavy atom. The van der Waals surface area contributed by atoms with Gasteiger partial charge in [-0.2, -0.15) is 0 Å². The highest BCUT2D eigenvalue weighted by Crippen LogP contribution is 2.24. The molecule has 118 valence electrons. The molecule has 0 aliphatic rings. The number of aliphatic carboxylic acids is 1. The van der Waals surface area contributed by atoms with Crippen LogP contribution >= 0.6 is 11.3 Å². The van der Waals surface area contributed by atoms with Gasteiger partial charge in [-0.15, -0.1) is 11.3 Å². The standard InChI is InChI=1S/C14H23N3O3S/c1-8(15)12-17-10(7-21-12)11(18)16-6-9(13(19)20)5-14(2,3)4/h7-9H,5-6,15H2,1-4H3,(H,16,18)(H,19,20). The largest absolute Gasteiger partial charge is 0.481 e. The van der Waals surface area contributed by atoms with Gasteiger partial charge in [0.1, 0.15) is 10.7 Å². The van der Waals surface area contributed by atoms with Crippen molar-refractivity contribution in [2.24, 2.45) is 17.1 Å². The van der Waals surface area contributed by atoms with Crippen LogP contribution in [0.5, 0.6) is 0 Å². The average Bonchev–Trinajstić information content (AvgIpc) is 2.82. The van der Waals surface area contributed by atoms with Gasteiger partial charge in [-0.05, 0) is 18.8 Å². The Hall–Kier alpha value is -1.47. The summed E-state index contributed by atoms with van der Waals surface area (Å²) in [7, 11) is 0. The van der Waals surface area contributed by atoms with Crippen LogP contribution in [0.2, 0.25) is 0 Å². The summed E-state index contributed by atoms with van der Waals surface area (Å²) in [4.78, 5) is 27.4. The SMILES string of the molecule is CC(N)c1nc(C(=O)NCC(CC(C)(C)C)C(=O)O)cs1. The van der Waals surface area contributed by atoms with E-state index in [1.807, 2.05) is 20.8 Å². The van der Waals surface area contributed by atoms with Crippen molar-refractivity contribution in [1.82, 2.24) is 10.3 Å². The molecular weight excluding hydrogens is 290 g/mol. The van der Waals surface area contributed by atoms with Gasteiger partial charge in [0.2, 0.25) is 0 Å². The molecule has 1 heterocycles. The van der Waals surface area contributed by atoms with E-state index in [4.69, 9.17) is 5.73 Å². The molecule has 7 heteroatoms. The number of hydrogen-bond donors (Lipinski definition) is 3. The van der Waals surface area contributed by atoms with Gasteiger partial charge >= 0.3 is 5.97 Å². The van der Waals surface area contributed by atoms with E-state index in [9.17, 15) is 14.7 Å². The third-order valence-corrected chi connectivity index (χ3v) is 3.91. The highest BCUT2D eigenvalue weighted by Gasteiger charge is 2.25. The number of amides is 1. The molecule has 1 rings (SSSR count). The maximum absolute atomic E-state index is 12.0. The first-order chi connectivity index (χ1) is 9.60. The second-order valence-electron chi connectivity index (χ2n) is 6.37. The molecule has 0 spiro atoms. The first kappa shape index (κ1) is 17.6. The molecule has 0 fully saturated rings. The summed E-state index contributed by atoms with van der Waals surface area (Å²) in [5.74, 6) is -1.88. The Morgan fingerprint density at radius 1 is 1.48 bits per heavy atom. The lowest BCUT2D eigenvalue weighted by molar-refractivity contribution is -0.142. The Morgan fingerprint density at radius 3 is 2.52 bits per heavy atom. The molecule has 6 nitrogen and oxygen atoms in total. The molecule has 1 aromatic rings. The van der Waals surface area contributed by atoms with Crippen molar-refractivity contribution in [2.45, 2.75) is 40.2 Å². The molecular formula is C14H23N3O3S. The zero-order valence-electron chi connectivity index (χ0n) is 12.8. The smallest absolute Gasteiger partial charge is 0.308 e. The fourth-order valence-electron chi connectivity index (χ4n) is 1.89. The third kappa shape index (κ3) is 5.81. The number of carbonyl (C=O) groups excluding carboxylic acids is 1. The molecule has 1 aromatic heterocycles. The molecule has 2 unspecified atom stereocenters. The van der Waals surface area contributed by atoms with E-state index < -0.39 is 11.9 Å². The lowest BCUT2D eigenvalue weighted by Crippen LogP contribution is -2.35. The lowest BCUT2D eigenvalue weighted by atomic mass is 9.84. The minimum absolute atomic E-state index is 0.0937. The van der Waals surface area contributed by atoms with Crippen LogP contribution < -0.4 is 11.1 Å². The van der Waals surface area contributed by atoms with Crippen molar-refractivity contribution in [2.75, 3.05) is 6.54 Å². The summed E-state index contributed by atoms with van der Waals surface area (Å²) in [6, 6.07) is -0.218. The fraction of sp³-hybridized carbons (Fsp3) is 0.643. The zero-order valence-corrected chi connectivity index (χ0v) is 13.7. The number of thiazole rings is 1. The number of nitrogens with two attached hydrogens (primary N) is 1. The van der Waals surface area contributed by atoms with Gasteiger partial charge in [-0.3, -0.25) is 9.59 Å². The van der Waals surface area contributed by atoms with Gasteiger partial charge in [-0.25, -0.2) is 4.98 Å². The van der Waals surface area contributed by atoms with Crippen molar-refractivity contribution in [3.05, 3.63) is 16.1 Å². The molecule has 2 atom stereocenters. The Balaban J connectivity index is 2.62. The van der Waals surface area contributed by atoms with Gasteiger partial charge in [0.15, 0.2) is 0 Å². The molecule has 0 aliphatic heterocycles. The summed E-state index contributed by atoms with van der Waals surface area (Å²) in [6.45, 7) is 7.81. The van der Waals surface area contributed by atoms with Gasteiger partial charge in [-0.1, -0.05) is 20.8 Å². The second-order valence-corrected chi connectivity index (χ2v) is 7.26. The van der Waals surface area contributed by atoms with Crippen molar-refractivity contribution >= 4 is 23.2 Å². The van der Waals surface area contributed by atoms with Crippen LogP contribution in [0, 0.1) is 11.3 Å². The van der Waals surface area contributed by atoms with Crippen LogP contribution in [-0.4, -0.2) is 28.5 Å². The summed E-state index contributed by atoms with van der Waals surface area (Å²) in [6.07, 6.45) is 0.491. The maximum atomic E-state index is 12.0. The number of carbonyl (C=O) groups is 2. The zero-order chi connectivity index (χ0) is 16.2. The number of carboxylic acids is 1. The Labute approximate surface area is 128 Å². The fourth-order valence-corrected chi connectivity index (χ4v) is 2.65. The van der Waals surface area contributed by atoms with Crippen LogP contribution in [0.25, 0.3) is 0 Å². The quantitative estimate of drug-likeness (QED) is 0.745. The van der Waals surface area contributed by atoms with E-state index in [1.165, 1.54) is 11.3 Å². The van der Waals surface area contributed by atoms with Gasteiger partial charge in [0, 0.05) is 11.9 Å². The molecule has 0 bridgehead atoms. The van der Waals surface area contributed by atoms with Crippen LogP contribution in [0.4, 0.5) is 0 Å². The lowest BCUT2D eigenvalue weighted by Gasteiger charge is -2.23. The van der Waals surface area contributed by atoms with Gasteiger partial charge < -0.3 is 16.2 Å². The molecule has 4 N–H and O–H groups in total. The van der Waals surface area contributed by atoms with Gasteiger partial charge in [0.05, 0.1) is 12.0 Å². The molecule has 0 saturated carbocycles. The number of carboxylic acid groups (broad SMARTS) is 1. The van der Waals surface area contributed by atoms with Crippen molar-refractivity contribution in [3.8, 4) is 0 Å². The number of aromatic nitrogens is 1. The number of nitrogens with zero attached hydrogens (tertiary/aromatic N) is 1. The molecule has 0 saturated heterocycles. The number of nitrogens with one attached hydrogen (secondary N) is 1. The van der Waals surface area contributed by atoms with Crippen LogP contribution in [0.1, 0.15) is 55.7 Å². The van der Waals surface area contributed by atoms with E-state index in [2.05, 4.69) is 10.3 Å². The van der Waals surface area contributed by atoms with Crippen LogP contribution in [0.3, 0.4) is 0 Å². The van der Waals surface area contributed by atoms with E-state index in [1.54, 1.807) is 12.3 Å². The molecule has 21 heavy (non-hydrogen) atoms. The minimum Gasteiger partial charge on any atom is -0.481 e. The number of rotatable bonds is 6. The summed E-state index contributed by atoms with van der Waals surface area (Å²) >= 11 is 1.32. The van der Waals surface area contributed by atoms with Crippen LogP contribution in [-0.2, 0) is 4.79 Å². The highest BCUT2D eigenvalue weighted by atomic mass is 32.1. The highest BCUT2D eigenvalue weighted by molar-refractivity contribution is 7.09. The maximum Gasteiger partial charge on any atom is 0.308 e. The van der Waals surface area contributed by atoms with E-state index in [0.717, 1.165) is 0 Å². The number of hydrogen-bond acceptors (Lipinski definition) is 5. The monoisotopic (exact) mass is 313 g/mol. The van der Waals surface area contributed by atoms with E-state index in [-0.39, 0.29) is 29.6 Å². The minimum atomic E-state index is -0.903.